The molecule has 0 bridgehead atoms. The van der Waals surface area contributed by atoms with E-state index in [1.165, 1.54) is 36.5 Å². The van der Waals surface area contributed by atoms with Crippen LogP contribution < -0.4 is 5.32 Å². The number of nitrogens with zero attached hydrogens (tertiary/aromatic N) is 1. The molecule has 2 rings (SSSR count). The third kappa shape index (κ3) is 2.92. The van der Waals surface area contributed by atoms with Crippen molar-refractivity contribution in [3.63, 3.8) is 0 Å². The molecule has 1 aromatic heterocycles. The van der Waals surface area contributed by atoms with Crippen LogP contribution >= 0.6 is 0 Å². The van der Waals surface area contributed by atoms with Gasteiger partial charge in [-0.2, -0.15) is 0 Å². The number of aromatic nitrogens is 1. The topological polar surface area (TPSA) is 99.5 Å². The maximum atomic E-state index is 12.0. The molecule has 0 aliphatic rings. The molecular formula is C14H12N2O4. The van der Waals surface area contributed by atoms with Gasteiger partial charge in [0.2, 0.25) is 0 Å². The molecule has 0 saturated heterocycles. The number of amides is 1. The number of carbonyl (C=O) groups is 2. The van der Waals surface area contributed by atoms with Crippen molar-refractivity contribution in [3.8, 4) is 5.75 Å². The van der Waals surface area contributed by atoms with E-state index in [0.717, 1.165) is 0 Å². The minimum atomic E-state index is -1.09. The zero-order chi connectivity index (χ0) is 14.7. The van der Waals surface area contributed by atoms with Crippen LogP contribution in [0.2, 0.25) is 0 Å². The van der Waals surface area contributed by atoms with Gasteiger partial charge in [0, 0.05) is 11.8 Å². The summed E-state index contributed by atoms with van der Waals surface area (Å²) in [5.74, 6) is -1.28. The van der Waals surface area contributed by atoms with Crippen molar-refractivity contribution < 1.29 is 19.8 Å². The lowest BCUT2D eigenvalue weighted by molar-refractivity contribution is 0.0696. The van der Waals surface area contributed by atoms with Crippen LogP contribution in [0.4, 0.5) is 5.82 Å². The number of hydrogen-bond acceptors (Lipinski definition) is 4. The minimum absolute atomic E-state index is 0.0396. The maximum absolute atomic E-state index is 12.0. The summed E-state index contributed by atoms with van der Waals surface area (Å²) >= 11 is 0. The van der Waals surface area contributed by atoms with Crippen LogP contribution in [0.25, 0.3) is 0 Å². The van der Waals surface area contributed by atoms with E-state index >= 15 is 0 Å². The van der Waals surface area contributed by atoms with Crippen LogP contribution in [-0.4, -0.2) is 27.1 Å². The van der Waals surface area contributed by atoms with E-state index in [1.807, 2.05) is 0 Å². The minimum Gasteiger partial charge on any atom is -0.508 e. The Labute approximate surface area is 114 Å². The standard InChI is InChI=1S/C14H12N2O4/c1-8-6-10(17)2-3-11(8)13(18)16-12-7-9(14(19)20)4-5-15-12/h2-7,17H,1H3,(H,19,20)(H,15,16,18). The molecule has 1 heterocycles. The largest absolute Gasteiger partial charge is 0.508 e. The van der Waals surface area contributed by atoms with Crippen LogP contribution in [0.5, 0.6) is 5.75 Å². The Bertz CT molecular complexity index is 683. The highest BCUT2D eigenvalue weighted by Crippen LogP contribution is 2.17. The van der Waals surface area contributed by atoms with Gasteiger partial charge in [-0.3, -0.25) is 4.79 Å². The summed E-state index contributed by atoms with van der Waals surface area (Å²) in [6, 6.07) is 6.97. The molecule has 3 N–H and O–H groups in total. The highest BCUT2D eigenvalue weighted by Gasteiger charge is 2.11. The number of aryl methyl sites for hydroxylation is 1. The Morgan fingerprint density at radius 2 is 1.95 bits per heavy atom. The summed E-state index contributed by atoms with van der Waals surface area (Å²) < 4.78 is 0. The quantitative estimate of drug-likeness (QED) is 0.794. The average molecular weight is 272 g/mol. The van der Waals surface area contributed by atoms with Crippen molar-refractivity contribution in [2.75, 3.05) is 5.32 Å². The summed E-state index contributed by atoms with van der Waals surface area (Å²) in [6.07, 6.45) is 1.31. The molecule has 1 aromatic carbocycles. The van der Waals surface area contributed by atoms with E-state index in [9.17, 15) is 14.7 Å². The van der Waals surface area contributed by atoms with Crippen LogP contribution in [0.3, 0.4) is 0 Å². The number of phenols is 1. The van der Waals surface area contributed by atoms with E-state index in [4.69, 9.17) is 5.11 Å². The first-order valence-corrected chi connectivity index (χ1v) is 5.77. The maximum Gasteiger partial charge on any atom is 0.335 e. The fraction of sp³-hybridized carbons (Fsp3) is 0.0714. The second kappa shape index (κ2) is 5.40. The van der Waals surface area contributed by atoms with Crippen molar-refractivity contribution in [1.29, 1.82) is 0 Å². The molecule has 0 aliphatic heterocycles. The van der Waals surface area contributed by atoms with E-state index < -0.39 is 11.9 Å². The van der Waals surface area contributed by atoms with E-state index in [2.05, 4.69) is 10.3 Å². The number of rotatable bonds is 3. The van der Waals surface area contributed by atoms with Crippen molar-refractivity contribution in [3.05, 3.63) is 53.2 Å². The number of phenolic OH excluding ortho intramolecular Hbond substituents is 1. The summed E-state index contributed by atoms with van der Waals surface area (Å²) in [5.41, 5.74) is 1.03. The van der Waals surface area contributed by atoms with Crippen LogP contribution in [-0.2, 0) is 0 Å². The fourth-order valence-electron chi connectivity index (χ4n) is 1.72. The fourth-order valence-corrected chi connectivity index (χ4v) is 1.72. The second-order valence-corrected chi connectivity index (χ2v) is 4.19. The van der Waals surface area contributed by atoms with Gasteiger partial charge in [-0.1, -0.05) is 0 Å². The third-order valence-corrected chi connectivity index (χ3v) is 2.70. The number of aromatic carboxylic acids is 1. The van der Waals surface area contributed by atoms with Crippen LogP contribution in [0, 0.1) is 6.92 Å². The molecule has 2 aromatic rings. The Hall–Kier alpha value is -2.89. The van der Waals surface area contributed by atoms with E-state index in [0.29, 0.717) is 11.1 Å². The number of pyridine rings is 1. The summed E-state index contributed by atoms with van der Waals surface area (Å²) in [4.78, 5) is 26.8. The number of aromatic hydroxyl groups is 1. The van der Waals surface area contributed by atoms with Gasteiger partial charge in [0.25, 0.3) is 5.91 Å². The molecule has 1 amide bonds. The zero-order valence-electron chi connectivity index (χ0n) is 10.6. The van der Waals surface area contributed by atoms with Crippen LogP contribution in [0.1, 0.15) is 26.3 Å². The predicted molar refractivity (Wildman–Crippen MR) is 72.0 cm³/mol. The lowest BCUT2D eigenvalue weighted by Crippen LogP contribution is -2.14. The number of hydrogen-bond donors (Lipinski definition) is 3. The van der Waals surface area contributed by atoms with Gasteiger partial charge in [0.05, 0.1) is 5.56 Å². The number of carbonyl (C=O) groups excluding carboxylic acids is 1. The molecule has 20 heavy (non-hydrogen) atoms. The van der Waals surface area contributed by atoms with Gasteiger partial charge in [-0.15, -0.1) is 0 Å². The van der Waals surface area contributed by atoms with Gasteiger partial charge >= 0.3 is 5.97 Å². The molecule has 0 fully saturated rings. The monoisotopic (exact) mass is 272 g/mol. The van der Waals surface area contributed by atoms with Crippen molar-refractivity contribution in [1.82, 2.24) is 4.98 Å². The van der Waals surface area contributed by atoms with Gasteiger partial charge in [-0.05, 0) is 42.8 Å². The highest BCUT2D eigenvalue weighted by atomic mass is 16.4. The number of carboxylic acids is 1. The Balaban J connectivity index is 2.23. The first-order valence-electron chi connectivity index (χ1n) is 5.77. The molecule has 0 aliphatic carbocycles. The van der Waals surface area contributed by atoms with Gasteiger partial charge in [0.1, 0.15) is 11.6 Å². The molecule has 0 radical (unpaired) electrons. The zero-order valence-corrected chi connectivity index (χ0v) is 10.6. The lowest BCUT2D eigenvalue weighted by Gasteiger charge is -2.07. The van der Waals surface area contributed by atoms with Gasteiger partial charge in [-0.25, -0.2) is 9.78 Å². The van der Waals surface area contributed by atoms with Gasteiger partial charge < -0.3 is 15.5 Å². The average Bonchev–Trinajstić information content (AvgIpc) is 2.38. The molecule has 0 atom stereocenters. The Kier molecular flexibility index (Phi) is 3.65. The first kappa shape index (κ1) is 13.5. The van der Waals surface area contributed by atoms with Crippen LogP contribution in [0.15, 0.2) is 36.5 Å². The SMILES string of the molecule is Cc1cc(O)ccc1C(=O)Nc1cc(C(=O)O)ccn1. The van der Waals surface area contributed by atoms with E-state index in [1.54, 1.807) is 6.92 Å². The predicted octanol–water partition coefficient (Wildman–Crippen LogP) is 2.05. The molecular weight excluding hydrogens is 260 g/mol. The number of benzene rings is 1. The Morgan fingerprint density at radius 3 is 2.60 bits per heavy atom. The van der Waals surface area contributed by atoms with Crippen molar-refractivity contribution in [2.24, 2.45) is 0 Å². The summed E-state index contributed by atoms with van der Waals surface area (Å²) in [7, 11) is 0. The summed E-state index contributed by atoms with van der Waals surface area (Å²) in [5, 5.41) is 20.7. The lowest BCUT2D eigenvalue weighted by atomic mass is 10.1. The number of nitrogens with one attached hydrogen (secondary N) is 1. The molecule has 102 valence electrons. The molecule has 6 heteroatoms. The highest BCUT2D eigenvalue weighted by molar-refractivity contribution is 6.05. The first-order chi connectivity index (χ1) is 9.47. The summed E-state index contributed by atoms with van der Waals surface area (Å²) in [6.45, 7) is 1.69. The molecule has 0 unspecified atom stereocenters. The normalized spacial score (nSPS) is 10.1. The molecule has 0 spiro atoms. The number of carboxylic acid groups (broad SMARTS) is 1. The number of anilines is 1. The second-order valence-electron chi connectivity index (χ2n) is 4.19. The van der Waals surface area contributed by atoms with Gasteiger partial charge in [0.15, 0.2) is 0 Å². The Morgan fingerprint density at radius 1 is 1.20 bits per heavy atom. The third-order valence-electron chi connectivity index (χ3n) is 2.70. The van der Waals surface area contributed by atoms with Crippen molar-refractivity contribution in [2.45, 2.75) is 6.92 Å². The van der Waals surface area contributed by atoms with E-state index in [-0.39, 0.29) is 17.1 Å². The molecule has 0 saturated carbocycles. The molecule has 6 nitrogen and oxygen atoms in total. The smallest absolute Gasteiger partial charge is 0.335 e. The van der Waals surface area contributed by atoms with Crippen molar-refractivity contribution >= 4 is 17.7 Å².